The van der Waals surface area contributed by atoms with Crippen LogP contribution in [0.1, 0.15) is 87.1 Å². The Bertz CT molecular complexity index is 814. The summed E-state index contributed by atoms with van der Waals surface area (Å²) in [6.45, 7) is 8.12. The number of piperazine rings is 1. The Labute approximate surface area is 186 Å². The van der Waals surface area contributed by atoms with Crippen LogP contribution < -0.4 is 15.2 Å². The van der Waals surface area contributed by atoms with Crippen LogP contribution in [0.25, 0.3) is 0 Å². The fraction of sp³-hybridized carbons (Fsp3) is 0.708. The highest BCUT2D eigenvalue weighted by Crippen LogP contribution is 2.32. The minimum atomic E-state index is 0.442. The Balaban J connectivity index is 1.48. The van der Waals surface area contributed by atoms with Crippen LogP contribution in [0, 0.1) is 11.3 Å². The van der Waals surface area contributed by atoms with Crippen LogP contribution in [0.2, 0.25) is 0 Å². The molecule has 0 unspecified atom stereocenters. The molecule has 0 aromatic carbocycles. The van der Waals surface area contributed by atoms with Crippen LogP contribution in [0.5, 0.6) is 0 Å². The molecule has 2 fully saturated rings. The van der Waals surface area contributed by atoms with E-state index in [1.165, 1.54) is 61.8 Å². The van der Waals surface area contributed by atoms with Crippen molar-refractivity contribution in [3.63, 3.8) is 0 Å². The summed E-state index contributed by atoms with van der Waals surface area (Å²) in [6.07, 6.45) is 11.0. The first-order valence-electron chi connectivity index (χ1n) is 11.9. The van der Waals surface area contributed by atoms with Gasteiger partial charge < -0.3 is 10.2 Å². The summed E-state index contributed by atoms with van der Waals surface area (Å²) in [7, 11) is 0. The van der Waals surface area contributed by atoms with Gasteiger partial charge in [0.2, 0.25) is 0 Å². The standard InChI is InChI=1S/C24H35N5S/c1-17(2)22-20-11-7-6-10-19(20)21(16-25)23(27-22)28-12-14-29(15-13-28)24(30)26-18-8-4-3-5-9-18/h17-18H,3-15H2,1-2H3,(H,26,30)/p+1. The lowest BCUT2D eigenvalue weighted by atomic mass is 9.85. The molecular formula is C24H36N5S+. The maximum Gasteiger partial charge on any atom is 0.293 e. The van der Waals surface area contributed by atoms with Gasteiger partial charge in [0, 0.05) is 12.0 Å². The lowest BCUT2D eigenvalue weighted by Gasteiger charge is -2.35. The fourth-order valence-electron chi connectivity index (χ4n) is 5.38. The molecule has 0 radical (unpaired) electrons. The number of nitrogens with one attached hydrogen (secondary N) is 2. The summed E-state index contributed by atoms with van der Waals surface area (Å²) in [6, 6.07) is 3.10. The monoisotopic (exact) mass is 426 g/mol. The Hall–Kier alpha value is -1.87. The minimum Gasteiger partial charge on any atom is -0.360 e. The van der Waals surface area contributed by atoms with Crippen molar-refractivity contribution in [3.05, 3.63) is 22.4 Å². The van der Waals surface area contributed by atoms with Gasteiger partial charge in [0.05, 0.1) is 13.1 Å². The number of aromatic amines is 1. The molecule has 5 nitrogen and oxygen atoms in total. The van der Waals surface area contributed by atoms with E-state index >= 15 is 0 Å². The number of rotatable bonds is 3. The van der Waals surface area contributed by atoms with Gasteiger partial charge >= 0.3 is 0 Å². The third-order valence-corrected chi connectivity index (χ3v) is 7.47. The van der Waals surface area contributed by atoms with Crippen molar-refractivity contribution in [3.8, 4) is 6.07 Å². The predicted molar refractivity (Wildman–Crippen MR) is 125 cm³/mol. The Kier molecular flexibility index (Phi) is 6.77. The van der Waals surface area contributed by atoms with Crippen LogP contribution in [-0.2, 0) is 12.8 Å². The van der Waals surface area contributed by atoms with Gasteiger partial charge in [-0.1, -0.05) is 33.1 Å². The summed E-state index contributed by atoms with van der Waals surface area (Å²) < 4.78 is 0. The van der Waals surface area contributed by atoms with Crippen molar-refractivity contribution in [2.75, 3.05) is 31.1 Å². The molecule has 3 aliphatic rings. The molecule has 6 heteroatoms. The lowest BCUT2D eigenvalue weighted by molar-refractivity contribution is -0.380. The van der Waals surface area contributed by atoms with E-state index in [2.05, 4.69) is 40.0 Å². The number of fused-ring (bicyclic) bond motifs is 1. The van der Waals surface area contributed by atoms with E-state index in [1.54, 1.807) is 0 Å². The van der Waals surface area contributed by atoms with Crippen LogP contribution in [0.15, 0.2) is 0 Å². The van der Waals surface area contributed by atoms with E-state index in [9.17, 15) is 5.26 Å². The molecular weight excluding hydrogens is 390 g/mol. The maximum absolute atomic E-state index is 10.0. The van der Waals surface area contributed by atoms with Gasteiger partial charge in [0.1, 0.15) is 30.4 Å². The summed E-state index contributed by atoms with van der Waals surface area (Å²) in [5.74, 6) is 1.48. The van der Waals surface area contributed by atoms with E-state index in [-0.39, 0.29) is 0 Å². The van der Waals surface area contributed by atoms with Crippen LogP contribution >= 0.6 is 12.2 Å². The first-order valence-corrected chi connectivity index (χ1v) is 12.3. The number of pyridine rings is 1. The quantitative estimate of drug-likeness (QED) is 0.747. The Morgan fingerprint density at radius 3 is 2.33 bits per heavy atom. The van der Waals surface area contributed by atoms with Gasteiger partial charge in [-0.15, -0.1) is 0 Å². The topological polar surface area (TPSA) is 56.4 Å². The molecule has 0 amide bonds. The normalized spacial score (nSPS) is 20.1. The number of aromatic nitrogens is 1. The second kappa shape index (κ2) is 9.51. The average molecular weight is 427 g/mol. The molecule has 0 atom stereocenters. The van der Waals surface area contributed by atoms with E-state index in [0.29, 0.717) is 12.0 Å². The van der Waals surface area contributed by atoms with Crippen LogP contribution in [-0.4, -0.2) is 42.2 Å². The average Bonchev–Trinajstić information content (AvgIpc) is 2.78. The van der Waals surface area contributed by atoms with Crippen molar-refractivity contribution < 1.29 is 4.98 Å². The molecule has 1 saturated heterocycles. The predicted octanol–water partition coefficient (Wildman–Crippen LogP) is 3.70. The number of thiocarbonyl (C=S) groups is 1. The zero-order chi connectivity index (χ0) is 21.1. The second-order valence-electron chi connectivity index (χ2n) is 9.45. The van der Waals surface area contributed by atoms with Gasteiger partial charge in [-0.05, 0) is 61.9 Å². The third kappa shape index (κ3) is 4.42. The Morgan fingerprint density at radius 1 is 1.03 bits per heavy atom. The molecule has 0 spiro atoms. The van der Waals surface area contributed by atoms with Crippen LogP contribution in [0.4, 0.5) is 5.82 Å². The molecule has 2 aliphatic carbocycles. The molecule has 2 heterocycles. The molecule has 4 rings (SSSR count). The molecule has 1 saturated carbocycles. The summed E-state index contributed by atoms with van der Waals surface area (Å²) in [5, 5.41) is 14.5. The fourth-order valence-corrected chi connectivity index (χ4v) is 5.73. The SMILES string of the molecule is CC(C)c1[nH+]c(N2CCN(C(=S)NC3CCCCC3)CC2)c(C#N)c2c1CCCC2. The highest BCUT2D eigenvalue weighted by atomic mass is 32.1. The zero-order valence-electron chi connectivity index (χ0n) is 18.6. The van der Waals surface area contributed by atoms with Gasteiger partial charge in [0.15, 0.2) is 5.11 Å². The Morgan fingerprint density at radius 2 is 1.70 bits per heavy atom. The van der Waals surface area contributed by atoms with E-state index in [4.69, 9.17) is 12.2 Å². The number of nitriles is 1. The van der Waals surface area contributed by atoms with Crippen molar-refractivity contribution in [2.45, 2.75) is 83.6 Å². The molecule has 0 bridgehead atoms. The van der Waals surface area contributed by atoms with Crippen molar-refractivity contribution in [1.82, 2.24) is 10.2 Å². The molecule has 2 N–H and O–H groups in total. The smallest absolute Gasteiger partial charge is 0.293 e. The summed E-state index contributed by atoms with van der Waals surface area (Å²) >= 11 is 5.73. The lowest BCUT2D eigenvalue weighted by Crippen LogP contribution is -2.54. The molecule has 162 valence electrons. The first-order chi connectivity index (χ1) is 14.6. The number of hydrogen-bond donors (Lipinski definition) is 1. The number of anilines is 1. The maximum atomic E-state index is 10.0. The number of nitrogens with zero attached hydrogens (tertiary/aromatic N) is 3. The van der Waals surface area contributed by atoms with E-state index in [1.807, 2.05) is 0 Å². The number of H-pyrrole nitrogens is 1. The van der Waals surface area contributed by atoms with E-state index < -0.39 is 0 Å². The van der Waals surface area contributed by atoms with Gasteiger partial charge in [-0.3, -0.25) is 4.90 Å². The van der Waals surface area contributed by atoms with Crippen molar-refractivity contribution in [2.24, 2.45) is 0 Å². The highest BCUT2D eigenvalue weighted by Gasteiger charge is 2.33. The van der Waals surface area contributed by atoms with Crippen molar-refractivity contribution >= 4 is 23.1 Å². The van der Waals surface area contributed by atoms with E-state index in [0.717, 1.165) is 55.5 Å². The number of hydrogen-bond acceptors (Lipinski definition) is 3. The molecule has 1 aliphatic heterocycles. The summed E-state index contributed by atoms with van der Waals surface area (Å²) in [5.41, 5.74) is 4.92. The van der Waals surface area contributed by atoms with Gasteiger partial charge in [-0.2, -0.15) is 5.26 Å². The van der Waals surface area contributed by atoms with Gasteiger partial charge in [-0.25, -0.2) is 4.98 Å². The zero-order valence-corrected chi connectivity index (χ0v) is 19.4. The van der Waals surface area contributed by atoms with Gasteiger partial charge in [0.25, 0.3) is 5.82 Å². The van der Waals surface area contributed by atoms with Crippen LogP contribution in [0.3, 0.4) is 0 Å². The molecule has 1 aromatic rings. The third-order valence-electron chi connectivity index (χ3n) is 7.09. The first kappa shape index (κ1) is 21.4. The molecule has 1 aromatic heterocycles. The minimum absolute atomic E-state index is 0.442. The second-order valence-corrected chi connectivity index (χ2v) is 9.84. The molecule has 30 heavy (non-hydrogen) atoms. The summed E-state index contributed by atoms with van der Waals surface area (Å²) in [4.78, 5) is 8.40. The highest BCUT2D eigenvalue weighted by molar-refractivity contribution is 7.80. The largest absolute Gasteiger partial charge is 0.360 e. The van der Waals surface area contributed by atoms with Crippen molar-refractivity contribution in [1.29, 1.82) is 5.26 Å².